The molecular formula is C22H25Cl4N2O4Pt-. The number of ether oxygens (including phenoxy) is 2. The average molecular weight is 718 g/mol. The molecule has 11 heteroatoms. The molecule has 0 saturated carbocycles. The zero-order valence-corrected chi connectivity index (χ0v) is 23.5. The monoisotopic (exact) mass is 716 g/mol. The van der Waals surface area contributed by atoms with Crippen LogP contribution in [0.3, 0.4) is 0 Å². The summed E-state index contributed by atoms with van der Waals surface area (Å²) in [4.78, 5) is 28.1. The zero-order chi connectivity index (χ0) is 22.8. The second-order valence-corrected chi connectivity index (χ2v) is 8.13. The molecule has 0 N–H and O–H groups in total. The number of hydrogen-bond donors (Lipinski definition) is 0. The number of alkyl halides is 1. The van der Waals surface area contributed by atoms with Crippen molar-refractivity contribution in [3.8, 4) is 11.5 Å². The van der Waals surface area contributed by atoms with E-state index in [9.17, 15) is 9.59 Å². The van der Waals surface area contributed by atoms with Crippen molar-refractivity contribution in [2.75, 3.05) is 38.7 Å². The van der Waals surface area contributed by atoms with Gasteiger partial charge in [-0.3, -0.25) is 19.5 Å². The van der Waals surface area contributed by atoms with Gasteiger partial charge in [-0.05, 0) is 36.2 Å². The molecule has 1 aliphatic rings. The fourth-order valence-electron chi connectivity index (χ4n) is 2.72. The van der Waals surface area contributed by atoms with Crippen LogP contribution in [0.5, 0.6) is 11.5 Å². The van der Waals surface area contributed by atoms with E-state index in [1.54, 1.807) is 24.4 Å². The number of benzene rings is 1. The van der Waals surface area contributed by atoms with Crippen LogP contribution in [-0.4, -0.2) is 59.6 Å². The standard InChI is InChI=1S/C19H20Cl2N2O3.C2H2Cl2O.CH3.Pt/c1-13-2-3-17(19(21)18(13)20)26-16-4-5-22-14(11-16)10-15(24)12-23-6-8-25-9-7-23;3-1-2(4)5;;/h2-5,11H,6-10,12H2,1H3;1H2;1H3;/q;;-1;. The van der Waals surface area contributed by atoms with Crippen molar-refractivity contribution in [3.63, 3.8) is 0 Å². The third-order valence-corrected chi connectivity index (χ3v) is 5.72. The summed E-state index contributed by atoms with van der Waals surface area (Å²) in [7, 11) is 0. The average Bonchev–Trinajstić information content (AvgIpc) is 2.75. The molecule has 0 unspecified atom stereocenters. The first-order valence-corrected chi connectivity index (χ1v) is 11.1. The van der Waals surface area contributed by atoms with Crippen LogP contribution < -0.4 is 4.74 Å². The first-order valence-electron chi connectivity index (χ1n) is 9.43. The van der Waals surface area contributed by atoms with Crippen molar-refractivity contribution in [2.24, 2.45) is 0 Å². The van der Waals surface area contributed by atoms with E-state index in [2.05, 4.69) is 9.88 Å². The number of nitrogens with zero attached hydrogens (tertiary/aromatic N) is 2. The van der Waals surface area contributed by atoms with Gasteiger partial charge in [0.15, 0.2) is 5.78 Å². The smallest absolute Gasteiger partial charge is 0.236 e. The Labute approximate surface area is 229 Å². The molecule has 0 aliphatic carbocycles. The number of hydrogen-bond acceptors (Lipinski definition) is 6. The summed E-state index contributed by atoms with van der Waals surface area (Å²) in [6.45, 7) is 5.21. The third-order valence-electron chi connectivity index (χ3n) is 4.24. The molecule has 0 amide bonds. The van der Waals surface area contributed by atoms with Crippen LogP contribution in [0.1, 0.15) is 11.3 Å². The maximum Gasteiger partial charge on any atom is 0.236 e. The van der Waals surface area contributed by atoms with E-state index in [0.29, 0.717) is 47.0 Å². The number of aromatic nitrogens is 1. The molecule has 0 spiro atoms. The van der Waals surface area contributed by atoms with Gasteiger partial charge in [-0.2, -0.15) is 0 Å². The first kappa shape index (κ1) is 32.3. The van der Waals surface area contributed by atoms with E-state index >= 15 is 0 Å². The maximum atomic E-state index is 12.3. The Bertz CT molecular complexity index is 912. The molecule has 2 heterocycles. The minimum Gasteiger partial charge on any atom is -0.456 e. The molecule has 0 bridgehead atoms. The van der Waals surface area contributed by atoms with Crippen molar-refractivity contribution in [1.82, 2.24) is 9.88 Å². The Hall–Kier alpha value is -0.722. The molecule has 3 rings (SSSR count). The van der Waals surface area contributed by atoms with Gasteiger partial charge in [-0.25, -0.2) is 0 Å². The summed E-state index contributed by atoms with van der Waals surface area (Å²) in [6.07, 6.45) is 1.88. The van der Waals surface area contributed by atoms with Gasteiger partial charge >= 0.3 is 0 Å². The van der Waals surface area contributed by atoms with Gasteiger partial charge < -0.3 is 16.9 Å². The van der Waals surface area contributed by atoms with Crippen LogP contribution in [0.2, 0.25) is 10.0 Å². The third kappa shape index (κ3) is 11.5. The number of halogens is 4. The molecule has 2 aromatic rings. The van der Waals surface area contributed by atoms with Crippen LogP contribution in [0, 0.1) is 14.4 Å². The van der Waals surface area contributed by atoms with E-state index in [4.69, 9.17) is 55.9 Å². The predicted octanol–water partition coefficient (Wildman–Crippen LogP) is 5.37. The Kier molecular flexibility index (Phi) is 16.5. The van der Waals surface area contributed by atoms with Gasteiger partial charge in [0.2, 0.25) is 5.24 Å². The number of pyridine rings is 1. The quantitative estimate of drug-likeness (QED) is 0.218. The van der Waals surface area contributed by atoms with Gasteiger partial charge in [-0.1, -0.05) is 29.3 Å². The van der Waals surface area contributed by atoms with E-state index < -0.39 is 5.24 Å². The normalized spacial score (nSPS) is 13.0. The Morgan fingerprint density at radius 3 is 2.39 bits per heavy atom. The molecule has 33 heavy (non-hydrogen) atoms. The summed E-state index contributed by atoms with van der Waals surface area (Å²) >= 11 is 21.9. The Morgan fingerprint density at radius 1 is 1.15 bits per heavy atom. The number of aryl methyl sites for hydroxylation is 1. The van der Waals surface area contributed by atoms with Crippen LogP contribution >= 0.6 is 46.4 Å². The molecular weight excluding hydrogens is 693 g/mol. The fourth-order valence-corrected chi connectivity index (χ4v) is 3.12. The first-order chi connectivity index (χ1) is 14.8. The van der Waals surface area contributed by atoms with E-state index in [-0.39, 0.29) is 46.6 Å². The summed E-state index contributed by atoms with van der Waals surface area (Å²) in [5, 5.41) is 0.333. The van der Waals surface area contributed by atoms with Gasteiger partial charge in [0.25, 0.3) is 0 Å². The maximum absolute atomic E-state index is 12.3. The molecule has 6 nitrogen and oxygen atoms in total. The molecule has 1 fully saturated rings. The second-order valence-electron chi connectivity index (χ2n) is 6.69. The topological polar surface area (TPSA) is 68.7 Å². The minimum absolute atomic E-state index is 0. The molecule has 1 aromatic heterocycles. The van der Waals surface area contributed by atoms with Crippen molar-refractivity contribution in [1.29, 1.82) is 0 Å². The number of carbonyl (C=O) groups is 2. The molecule has 186 valence electrons. The zero-order valence-electron chi connectivity index (χ0n) is 18.2. The van der Waals surface area contributed by atoms with Crippen LogP contribution in [-0.2, 0) is 41.8 Å². The van der Waals surface area contributed by atoms with Crippen molar-refractivity contribution in [3.05, 3.63) is 59.2 Å². The van der Waals surface area contributed by atoms with Gasteiger partial charge in [-0.15, -0.1) is 11.6 Å². The van der Waals surface area contributed by atoms with Crippen LogP contribution in [0.4, 0.5) is 0 Å². The molecule has 1 saturated heterocycles. The number of morpholine rings is 1. The van der Waals surface area contributed by atoms with Gasteiger partial charge in [0.05, 0.1) is 42.8 Å². The van der Waals surface area contributed by atoms with Gasteiger partial charge in [0.1, 0.15) is 16.5 Å². The molecule has 1 aliphatic heterocycles. The molecule has 1 aromatic carbocycles. The number of Topliss-reactive ketones (excluding diaryl/α,β-unsaturated/α-hetero) is 1. The Morgan fingerprint density at radius 2 is 1.79 bits per heavy atom. The summed E-state index contributed by atoms with van der Waals surface area (Å²) in [5.41, 5.74) is 1.54. The second kappa shape index (κ2) is 16.8. The van der Waals surface area contributed by atoms with E-state index in [0.717, 1.165) is 18.7 Å². The van der Waals surface area contributed by atoms with Gasteiger partial charge in [0, 0.05) is 46.4 Å². The van der Waals surface area contributed by atoms with E-state index in [1.807, 2.05) is 13.0 Å². The van der Waals surface area contributed by atoms with Crippen LogP contribution in [0.15, 0.2) is 30.5 Å². The SMILES string of the molecule is Cc1ccc(Oc2ccnc(CC(=O)CN3CCOCC3)c2)c(Cl)c1Cl.O=C(Cl)CCl.[CH3-].[Pt]. The van der Waals surface area contributed by atoms with Crippen molar-refractivity contribution < 1.29 is 40.1 Å². The predicted molar refractivity (Wildman–Crippen MR) is 129 cm³/mol. The largest absolute Gasteiger partial charge is 0.456 e. The number of carbonyl (C=O) groups excluding carboxylic acids is 2. The van der Waals surface area contributed by atoms with Crippen molar-refractivity contribution in [2.45, 2.75) is 13.3 Å². The number of rotatable bonds is 7. The van der Waals surface area contributed by atoms with E-state index in [1.165, 1.54) is 0 Å². The minimum atomic E-state index is -0.508. The fraction of sp³-hybridized carbons (Fsp3) is 0.364. The van der Waals surface area contributed by atoms with Crippen molar-refractivity contribution >= 4 is 57.4 Å². The summed E-state index contributed by atoms with van der Waals surface area (Å²) in [6, 6.07) is 7.09. The molecule has 0 atom stereocenters. The summed E-state index contributed by atoms with van der Waals surface area (Å²) < 4.78 is 11.1. The molecule has 0 radical (unpaired) electrons. The number of ketones is 1. The summed E-state index contributed by atoms with van der Waals surface area (Å²) in [5.74, 6) is 1.06. The Balaban J connectivity index is 0.00000133. The van der Waals surface area contributed by atoms with Crippen LogP contribution in [0.25, 0.3) is 0 Å².